The van der Waals surface area contributed by atoms with Gasteiger partial charge in [0, 0.05) is 37.1 Å². The van der Waals surface area contributed by atoms with Crippen LogP contribution in [0.4, 0.5) is 17.1 Å². The van der Waals surface area contributed by atoms with E-state index < -0.39 is 0 Å². The van der Waals surface area contributed by atoms with Crippen LogP contribution in [0.3, 0.4) is 0 Å². The highest BCUT2D eigenvalue weighted by molar-refractivity contribution is 6.11. The zero-order chi connectivity index (χ0) is 34.0. The molecule has 10 nitrogen and oxygen atoms in total. The molecule has 0 radical (unpaired) electrons. The monoisotopic (exact) mass is 653 g/mol. The van der Waals surface area contributed by atoms with Gasteiger partial charge < -0.3 is 33.3 Å². The summed E-state index contributed by atoms with van der Waals surface area (Å²) < 4.78 is 33.7. The third kappa shape index (κ3) is 7.66. The Balaban J connectivity index is 1.47. The van der Waals surface area contributed by atoms with Crippen molar-refractivity contribution in [3.05, 3.63) is 107 Å². The van der Waals surface area contributed by atoms with Gasteiger partial charge in [-0.05, 0) is 84.8 Å². The topological polar surface area (TPSA) is 91.3 Å². The number of carbonyl (C=O) groups is 1. The van der Waals surface area contributed by atoms with E-state index in [-0.39, 0.29) is 23.8 Å². The van der Waals surface area contributed by atoms with E-state index in [1.54, 1.807) is 46.5 Å². The van der Waals surface area contributed by atoms with E-state index in [0.717, 1.165) is 53.4 Å². The number of nitrogens with zero attached hydrogens (tertiary/aromatic N) is 3. The lowest BCUT2D eigenvalue weighted by Gasteiger charge is -2.26. The maximum absolute atomic E-state index is 13.7. The molecule has 48 heavy (non-hydrogen) atoms. The Morgan fingerprint density at radius 2 is 1.40 bits per heavy atom. The molecular weight excluding hydrogens is 610 g/mol. The first kappa shape index (κ1) is 34.1. The smallest absolute Gasteiger partial charge is 0.305 e. The van der Waals surface area contributed by atoms with Gasteiger partial charge >= 0.3 is 6.02 Å². The lowest BCUT2D eigenvalue weighted by molar-refractivity contribution is -0.122. The number of amides is 1. The Hall–Kier alpha value is -5.22. The van der Waals surface area contributed by atoms with Gasteiger partial charge in [0.05, 0.1) is 34.5 Å². The van der Waals surface area contributed by atoms with Crippen LogP contribution in [-0.4, -0.2) is 65.0 Å². The molecule has 1 aliphatic carbocycles. The van der Waals surface area contributed by atoms with Crippen molar-refractivity contribution in [2.24, 2.45) is 4.99 Å². The molecule has 5 rings (SSSR count). The number of methoxy groups -OCH3 is 5. The average Bonchev–Trinajstić information content (AvgIpc) is 3.42. The Bertz CT molecular complexity index is 1630. The number of carbonyl (C=O) groups excluding carboxylic acids is 1. The molecule has 0 N–H and O–H groups in total. The number of anilines is 3. The number of rotatable bonds is 14. The quantitative estimate of drug-likeness (QED) is 0.129. The number of hydrogen-bond acceptors (Lipinski definition) is 9. The minimum atomic E-state index is -0.250. The lowest BCUT2D eigenvalue weighted by atomic mass is 10.1. The number of aliphatic imine (C=N–C) groups is 1. The van der Waals surface area contributed by atoms with E-state index in [9.17, 15) is 4.79 Å². The van der Waals surface area contributed by atoms with Crippen molar-refractivity contribution in [3.63, 3.8) is 0 Å². The highest BCUT2D eigenvalue weighted by Crippen LogP contribution is 2.37. The first-order valence-electron chi connectivity index (χ1n) is 16.0. The van der Waals surface area contributed by atoms with Crippen molar-refractivity contribution in [2.75, 3.05) is 47.0 Å². The zero-order valence-corrected chi connectivity index (χ0v) is 28.4. The minimum Gasteiger partial charge on any atom is -0.499 e. The fraction of sp³-hybridized carbons (Fsp3) is 0.316. The zero-order valence-electron chi connectivity index (χ0n) is 28.4. The number of ether oxygens (including phenoxy) is 6. The second-order valence-electron chi connectivity index (χ2n) is 11.2. The second kappa shape index (κ2) is 16.1. The summed E-state index contributed by atoms with van der Waals surface area (Å²) in [6.45, 7) is 2.60. The van der Waals surface area contributed by atoms with Gasteiger partial charge in [0.2, 0.25) is 0 Å². The maximum atomic E-state index is 13.7. The fourth-order valence-electron chi connectivity index (χ4n) is 5.52. The van der Waals surface area contributed by atoms with Crippen LogP contribution in [0.15, 0.2) is 107 Å². The van der Waals surface area contributed by atoms with Crippen LogP contribution in [0.5, 0.6) is 11.5 Å². The van der Waals surface area contributed by atoms with Crippen LogP contribution in [0, 0.1) is 0 Å². The van der Waals surface area contributed by atoms with Gasteiger partial charge in [-0.2, -0.15) is 4.99 Å². The normalized spacial score (nSPS) is 17.8. The molecule has 252 valence electrons. The van der Waals surface area contributed by atoms with E-state index in [0.29, 0.717) is 30.2 Å². The van der Waals surface area contributed by atoms with E-state index in [4.69, 9.17) is 33.4 Å². The molecule has 3 aromatic rings. The highest BCUT2D eigenvalue weighted by Gasteiger charge is 2.36. The first-order chi connectivity index (χ1) is 23.4. The number of benzene rings is 3. The molecular formula is C38H43N3O7. The van der Waals surface area contributed by atoms with Gasteiger partial charge in [-0.15, -0.1) is 0 Å². The average molecular weight is 654 g/mol. The predicted octanol–water partition coefficient (Wildman–Crippen LogP) is 7.73. The Morgan fingerprint density at radius 3 is 1.90 bits per heavy atom. The SMILES string of the molecule is CCCCCN1C(=O)/C(=C\c2ccc(N(c3ccc(OC)cc3)c3ccc(OC)cc3)cc2)O/C1=N/C1=C(OC)CC(OC)C=C1OC. The Labute approximate surface area is 282 Å². The molecule has 0 bridgehead atoms. The summed E-state index contributed by atoms with van der Waals surface area (Å²) in [5, 5.41) is 0. The fourth-order valence-corrected chi connectivity index (χ4v) is 5.52. The van der Waals surface area contributed by atoms with Crippen molar-refractivity contribution in [1.29, 1.82) is 0 Å². The van der Waals surface area contributed by atoms with Crippen molar-refractivity contribution in [2.45, 2.75) is 38.7 Å². The summed E-state index contributed by atoms with van der Waals surface area (Å²) in [4.78, 5) is 22.2. The molecule has 10 heteroatoms. The summed E-state index contributed by atoms with van der Waals surface area (Å²) in [6, 6.07) is 23.9. The molecule has 1 unspecified atom stereocenters. The summed E-state index contributed by atoms with van der Waals surface area (Å²) in [5.74, 6) is 2.57. The van der Waals surface area contributed by atoms with Crippen LogP contribution in [0.1, 0.15) is 38.2 Å². The molecule has 1 amide bonds. The molecule has 1 heterocycles. The summed E-state index contributed by atoms with van der Waals surface area (Å²) >= 11 is 0. The molecule has 2 aliphatic rings. The van der Waals surface area contributed by atoms with Crippen LogP contribution in [0.25, 0.3) is 6.08 Å². The molecule has 0 aromatic heterocycles. The number of unbranched alkanes of at least 4 members (excludes halogenated alkanes) is 2. The van der Waals surface area contributed by atoms with Gasteiger partial charge in [0.1, 0.15) is 28.7 Å². The Morgan fingerprint density at radius 1 is 0.812 bits per heavy atom. The number of amidine groups is 1. The van der Waals surface area contributed by atoms with E-state index in [1.807, 2.05) is 78.9 Å². The molecule has 1 aliphatic heterocycles. The van der Waals surface area contributed by atoms with Crippen LogP contribution in [-0.2, 0) is 23.7 Å². The van der Waals surface area contributed by atoms with E-state index in [2.05, 4.69) is 11.8 Å². The molecule has 1 atom stereocenters. The highest BCUT2D eigenvalue weighted by atomic mass is 16.5. The lowest BCUT2D eigenvalue weighted by Crippen LogP contribution is -2.31. The van der Waals surface area contributed by atoms with Crippen molar-refractivity contribution >= 4 is 35.1 Å². The third-order valence-corrected chi connectivity index (χ3v) is 8.18. The molecule has 1 fully saturated rings. The second-order valence-corrected chi connectivity index (χ2v) is 11.2. The molecule has 1 saturated heterocycles. The van der Waals surface area contributed by atoms with Crippen molar-refractivity contribution in [3.8, 4) is 11.5 Å². The predicted molar refractivity (Wildman–Crippen MR) is 187 cm³/mol. The van der Waals surface area contributed by atoms with Gasteiger partial charge in [-0.25, -0.2) is 0 Å². The van der Waals surface area contributed by atoms with Crippen LogP contribution >= 0.6 is 0 Å². The summed E-state index contributed by atoms with van der Waals surface area (Å²) in [5.41, 5.74) is 4.12. The molecule has 0 spiro atoms. The first-order valence-corrected chi connectivity index (χ1v) is 16.0. The van der Waals surface area contributed by atoms with E-state index in [1.165, 1.54) is 0 Å². The van der Waals surface area contributed by atoms with Crippen molar-refractivity contribution in [1.82, 2.24) is 4.90 Å². The van der Waals surface area contributed by atoms with E-state index >= 15 is 0 Å². The van der Waals surface area contributed by atoms with Crippen LogP contribution < -0.4 is 14.4 Å². The minimum absolute atomic E-state index is 0.188. The van der Waals surface area contributed by atoms with Crippen molar-refractivity contribution < 1.29 is 33.2 Å². The summed E-state index contributed by atoms with van der Waals surface area (Å²) in [7, 11) is 8.08. The third-order valence-electron chi connectivity index (χ3n) is 8.18. The molecule has 3 aromatic carbocycles. The summed E-state index contributed by atoms with van der Waals surface area (Å²) in [6.07, 6.45) is 6.66. The largest absolute Gasteiger partial charge is 0.499 e. The number of hydrogen-bond donors (Lipinski definition) is 0. The molecule has 0 saturated carbocycles. The maximum Gasteiger partial charge on any atom is 0.305 e. The van der Waals surface area contributed by atoms with Gasteiger partial charge in [-0.1, -0.05) is 31.9 Å². The standard InChI is InChI=1S/C38H43N3O7/c1-7-8-9-22-40-37(42)35(48-38(40)39-36-33(46-5)24-32(45-4)25-34(36)47-6)23-26-10-12-27(13-11-26)41(28-14-18-30(43-2)19-15-28)29-16-20-31(44-3)21-17-29/h10-21,23-24,32H,7-9,22,25H2,1-6H3/b35-23+,39-38+. The van der Waals surface area contributed by atoms with Gasteiger partial charge in [0.15, 0.2) is 5.76 Å². The van der Waals surface area contributed by atoms with Gasteiger partial charge in [-0.3, -0.25) is 9.69 Å². The Kier molecular flexibility index (Phi) is 11.4. The van der Waals surface area contributed by atoms with Crippen LogP contribution in [0.2, 0.25) is 0 Å². The van der Waals surface area contributed by atoms with Gasteiger partial charge in [0.25, 0.3) is 5.91 Å².